The zero-order valence-corrected chi connectivity index (χ0v) is 9.36. The lowest BCUT2D eigenvalue weighted by Gasteiger charge is -2.06. The maximum absolute atomic E-state index is 5.66. The minimum Gasteiger partial charge on any atom is -0.330 e. The molecule has 80 valence electrons. The van der Waals surface area contributed by atoms with Gasteiger partial charge in [0.25, 0.3) is 0 Å². The van der Waals surface area contributed by atoms with Crippen LogP contribution in [0.15, 0.2) is 12.4 Å². The van der Waals surface area contributed by atoms with Crippen molar-refractivity contribution in [2.45, 2.75) is 26.7 Å². The number of hydrogen-bond acceptors (Lipinski definition) is 3. The average Bonchev–Trinajstić information content (AvgIpc) is 2.61. The smallest absolute Gasteiger partial charge is 0.158 e. The van der Waals surface area contributed by atoms with E-state index in [0.29, 0.717) is 12.5 Å². The molecule has 0 aliphatic rings. The van der Waals surface area contributed by atoms with Crippen LogP contribution in [0, 0.1) is 13.8 Å². The summed E-state index contributed by atoms with van der Waals surface area (Å²) in [6, 6.07) is 0. The average molecular weight is 204 g/mol. The standard InChI is InChI=1S/C11H16N4/c1-7(4-12)10-5-13-15-6-8(2)9(3)14-11(10)15/h5-7H,4,12H2,1-3H3. The van der Waals surface area contributed by atoms with Crippen molar-refractivity contribution >= 4 is 5.65 Å². The van der Waals surface area contributed by atoms with Crippen LogP contribution >= 0.6 is 0 Å². The molecule has 2 rings (SSSR count). The first-order valence-electron chi connectivity index (χ1n) is 5.15. The summed E-state index contributed by atoms with van der Waals surface area (Å²) in [5.41, 5.74) is 9.91. The Bertz CT molecular complexity index is 487. The molecule has 0 spiro atoms. The summed E-state index contributed by atoms with van der Waals surface area (Å²) in [5, 5.41) is 4.29. The summed E-state index contributed by atoms with van der Waals surface area (Å²) >= 11 is 0. The first kappa shape index (κ1) is 10.1. The van der Waals surface area contributed by atoms with Crippen molar-refractivity contribution in [2.24, 2.45) is 5.73 Å². The van der Waals surface area contributed by atoms with Gasteiger partial charge < -0.3 is 5.73 Å². The number of rotatable bonds is 2. The second-order valence-corrected chi connectivity index (χ2v) is 4.01. The van der Waals surface area contributed by atoms with Crippen LogP contribution in [-0.2, 0) is 0 Å². The molecule has 0 amide bonds. The van der Waals surface area contributed by atoms with Gasteiger partial charge in [0, 0.05) is 17.5 Å². The largest absolute Gasteiger partial charge is 0.330 e. The predicted octanol–water partition coefficient (Wildman–Crippen LogP) is 1.41. The van der Waals surface area contributed by atoms with Crippen LogP contribution in [0.5, 0.6) is 0 Å². The van der Waals surface area contributed by atoms with E-state index < -0.39 is 0 Å². The van der Waals surface area contributed by atoms with E-state index in [1.807, 2.05) is 30.8 Å². The van der Waals surface area contributed by atoms with Gasteiger partial charge in [0.05, 0.1) is 6.20 Å². The van der Waals surface area contributed by atoms with Gasteiger partial charge in [-0.15, -0.1) is 0 Å². The van der Waals surface area contributed by atoms with Gasteiger partial charge in [-0.3, -0.25) is 0 Å². The quantitative estimate of drug-likeness (QED) is 0.804. The fourth-order valence-corrected chi connectivity index (χ4v) is 1.58. The highest BCUT2D eigenvalue weighted by atomic mass is 15.2. The molecule has 15 heavy (non-hydrogen) atoms. The monoisotopic (exact) mass is 204 g/mol. The summed E-state index contributed by atoms with van der Waals surface area (Å²) in [7, 11) is 0. The third-order valence-corrected chi connectivity index (χ3v) is 2.84. The normalized spacial score (nSPS) is 13.3. The van der Waals surface area contributed by atoms with Crippen LogP contribution in [0.2, 0.25) is 0 Å². The summed E-state index contributed by atoms with van der Waals surface area (Å²) < 4.78 is 1.82. The minimum absolute atomic E-state index is 0.303. The van der Waals surface area contributed by atoms with Crippen molar-refractivity contribution in [3.63, 3.8) is 0 Å². The topological polar surface area (TPSA) is 56.2 Å². The van der Waals surface area contributed by atoms with Crippen molar-refractivity contribution in [1.29, 1.82) is 0 Å². The Morgan fingerprint density at radius 1 is 1.47 bits per heavy atom. The number of nitrogens with two attached hydrogens (primary N) is 1. The highest BCUT2D eigenvalue weighted by Crippen LogP contribution is 2.19. The Morgan fingerprint density at radius 3 is 2.87 bits per heavy atom. The first-order valence-corrected chi connectivity index (χ1v) is 5.15. The molecule has 2 heterocycles. The van der Waals surface area contributed by atoms with E-state index in [1.54, 1.807) is 0 Å². The Kier molecular flexibility index (Phi) is 2.44. The molecule has 0 bridgehead atoms. The molecule has 0 aromatic carbocycles. The third kappa shape index (κ3) is 1.61. The van der Waals surface area contributed by atoms with Crippen molar-refractivity contribution in [3.05, 3.63) is 29.2 Å². The van der Waals surface area contributed by atoms with E-state index in [9.17, 15) is 0 Å². The number of fused-ring (bicyclic) bond motifs is 1. The van der Waals surface area contributed by atoms with Crippen molar-refractivity contribution in [3.8, 4) is 0 Å². The molecule has 1 unspecified atom stereocenters. The molecule has 0 saturated heterocycles. The number of hydrogen-bond donors (Lipinski definition) is 1. The zero-order chi connectivity index (χ0) is 11.0. The van der Waals surface area contributed by atoms with Crippen molar-refractivity contribution in [2.75, 3.05) is 6.54 Å². The SMILES string of the molecule is Cc1cn2ncc(C(C)CN)c2nc1C. The second-order valence-electron chi connectivity index (χ2n) is 4.01. The van der Waals surface area contributed by atoms with Gasteiger partial charge in [0.15, 0.2) is 5.65 Å². The minimum atomic E-state index is 0.303. The fraction of sp³-hybridized carbons (Fsp3) is 0.455. The number of aromatic nitrogens is 3. The van der Waals surface area contributed by atoms with Crippen LogP contribution in [0.3, 0.4) is 0 Å². The van der Waals surface area contributed by atoms with Gasteiger partial charge in [-0.05, 0) is 31.9 Å². The second kappa shape index (κ2) is 3.62. The molecule has 2 N–H and O–H groups in total. The lowest BCUT2D eigenvalue weighted by molar-refractivity contribution is 0.777. The molecular weight excluding hydrogens is 188 g/mol. The van der Waals surface area contributed by atoms with Crippen LogP contribution in [0.1, 0.15) is 29.7 Å². The van der Waals surface area contributed by atoms with E-state index in [1.165, 1.54) is 0 Å². The lowest BCUT2D eigenvalue weighted by Crippen LogP contribution is -2.09. The van der Waals surface area contributed by atoms with E-state index in [0.717, 1.165) is 22.5 Å². The maximum atomic E-state index is 5.66. The Morgan fingerprint density at radius 2 is 2.20 bits per heavy atom. The number of aryl methyl sites for hydroxylation is 2. The van der Waals surface area contributed by atoms with Crippen LogP contribution < -0.4 is 5.73 Å². The molecule has 0 fully saturated rings. The lowest BCUT2D eigenvalue weighted by atomic mass is 10.1. The molecule has 2 aromatic rings. The van der Waals surface area contributed by atoms with Crippen molar-refractivity contribution in [1.82, 2.24) is 14.6 Å². The predicted molar refractivity (Wildman–Crippen MR) is 59.9 cm³/mol. The van der Waals surface area contributed by atoms with Crippen LogP contribution in [0.25, 0.3) is 5.65 Å². The highest BCUT2D eigenvalue weighted by Gasteiger charge is 2.12. The van der Waals surface area contributed by atoms with Gasteiger partial charge in [0.2, 0.25) is 0 Å². The van der Waals surface area contributed by atoms with Crippen LogP contribution in [0.4, 0.5) is 0 Å². The van der Waals surface area contributed by atoms with Gasteiger partial charge in [-0.25, -0.2) is 9.50 Å². The van der Waals surface area contributed by atoms with E-state index in [4.69, 9.17) is 5.73 Å². The summed E-state index contributed by atoms with van der Waals surface area (Å²) in [6.45, 7) is 6.76. The van der Waals surface area contributed by atoms with E-state index >= 15 is 0 Å². The molecule has 4 heteroatoms. The molecule has 1 atom stereocenters. The molecule has 0 aliphatic carbocycles. The first-order chi connectivity index (χ1) is 7.13. The van der Waals surface area contributed by atoms with Gasteiger partial charge in [-0.1, -0.05) is 6.92 Å². The Labute approximate surface area is 89.1 Å². The molecular formula is C11H16N4. The summed E-state index contributed by atoms with van der Waals surface area (Å²) in [5.74, 6) is 0.303. The third-order valence-electron chi connectivity index (χ3n) is 2.84. The van der Waals surface area contributed by atoms with Gasteiger partial charge >= 0.3 is 0 Å². The van der Waals surface area contributed by atoms with E-state index in [-0.39, 0.29) is 0 Å². The maximum Gasteiger partial charge on any atom is 0.158 e. The molecule has 0 saturated carbocycles. The Hall–Kier alpha value is -1.42. The van der Waals surface area contributed by atoms with Crippen molar-refractivity contribution < 1.29 is 0 Å². The Balaban J connectivity index is 2.64. The summed E-state index contributed by atoms with van der Waals surface area (Å²) in [6.07, 6.45) is 3.86. The van der Waals surface area contributed by atoms with Gasteiger partial charge in [0.1, 0.15) is 0 Å². The molecule has 2 aromatic heterocycles. The molecule has 0 aliphatic heterocycles. The molecule has 0 radical (unpaired) electrons. The van der Waals surface area contributed by atoms with E-state index in [2.05, 4.69) is 17.0 Å². The van der Waals surface area contributed by atoms with Crippen LogP contribution in [-0.4, -0.2) is 21.1 Å². The summed E-state index contributed by atoms with van der Waals surface area (Å²) in [4.78, 5) is 4.55. The van der Waals surface area contributed by atoms with Gasteiger partial charge in [-0.2, -0.15) is 5.10 Å². The zero-order valence-electron chi connectivity index (χ0n) is 9.36. The molecule has 4 nitrogen and oxygen atoms in total. The highest BCUT2D eigenvalue weighted by molar-refractivity contribution is 5.49. The fourth-order valence-electron chi connectivity index (χ4n) is 1.58. The number of nitrogens with zero attached hydrogens (tertiary/aromatic N) is 3.